The number of hydrogen-bond donors (Lipinski definition) is 0. The number of nitrogens with zero attached hydrogens (tertiary/aromatic N) is 2. The maximum atomic E-state index is 11.2. The zero-order valence-electron chi connectivity index (χ0n) is 8.62. The molecule has 0 saturated heterocycles. The molecule has 0 spiro atoms. The summed E-state index contributed by atoms with van der Waals surface area (Å²) in [6.45, 7) is 4.31. The van der Waals surface area contributed by atoms with Crippen molar-refractivity contribution in [3.8, 4) is 0 Å². The van der Waals surface area contributed by atoms with Crippen molar-refractivity contribution in [2.45, 2.75) is 20.4 Å². The highest BCUT2D eigenvalue weighted by atomic mass is 35.5. The van der Waals surface area contributed by atoms with E-state index in [9.17, 15) is 4.79 Å². The van der Waals surface area contributed by atoms with E-state index in [0.717, 1.165) is 17.4 Å². The van der Waals surface area contributed by atoms with Crippen molar-refractivity contribution in [1.29, 1.82) is 0 Å². The lowest BCUT2D eigenvalue weighted by molar-refractivity contribution is 0.101. The topological polar surface area (TPSA) is 34.9 Å². The molecule has 0 fully saturated rings. The van der Waals surface area contributed by atoms with Crippen LogP contribution in [0.3, 0.4) is 0 Å². The molecule has 0 aliphatic carbocycles. The lowest BCUT2D eigenvalue weighted by Gasteiger charge is -1.98. The number of benzene rings is 1. The Hall–Kier alpha value is -1.35. The summed E-state index contributed by atoms with van der Waals surface area (Å²) < 4.78 is 1.82. The van der Waals surface area contributed by atoms with E-state index in [1.807, 2.05) is 17.7 Å². The van der Waals surface area contributed by atoms with Gasteiger partial charge in [-0.1, -0.05) is 11.6 Å². The Morgan fingerprint density at radius 1 is 1.53 bits per heavy atom. The number of carbonyl (C=O) groups excluding carboxylic acids is 1. The summed E-state index contributed by atoms with van der Waals surface area (Å²) in [6.07, 6.45) is 0. The van der Waals surface area contributed by atoms with Crippen molar-refractivity contribution < 1.29 is 4.79 Å². The van der Waals surface area contributed by atoms with Gasteiger partial charge >= 0.3 is 0 Å². The maximum absolute atomic E-state index is 11.2. The van der Waals surface area contributed by atoms with Gasteiger partial charge < -0.3 is 0 Å². The molecule has 1 aromatic carbocycles. The van der Waals surface area contributed by atoms with E-state index in [0.29, 0.717) is 10.7 Å². The number of halogens is 1. The summed E-state index contributed by atoms with van der Waals surface area (Å²) in [5.74, 6) is 0.0391. The van der Waals surface area contributed by atoms with Gasteiger partial charge in [0.2, 0.25) is 0 Å². The van der Waals surface area contributed by atoms with Crippen LogP contribution in [0.15, 0.2) is 18.2 Å². The van der Waals surface area contributed by atoms with Gasteiger partial charge in [-0.05, 0) is 32.0 Å². The second kappa shape index (κ2) is 3.66. The Balaban J connectivity index is 2.72. The van der Waals surface area contributed by atoms with Crippen LogP contribution in [0.25, 0.3) is 10.9 Å². The normalized spacial score (nSPS) is 10.9. The summed E-state index contributed by atoms with van der Waals surface area (Å²) >= 11 is 5.99. The molecular formula is C11H11ClN2O. The standard InChI is InChI=1S/C11H11ClN2O/c1-3-14-10-5-4-8(7(2)15)6-9(10)11(12)13-14/h4-6H,3H2,1-2H3. The molecule has 4 heteroatoms. The molecule has 1 aromatic heterocycles. The Bertz CT molecular complexity index is 531. The molecule has 15 heavy (non-hydrogen) atoms. The van der Waals surface area contributed by atoms with Crippen molar-refractivity contribution in [3.63, 3.8) is 0 Å². The molecule has 1 heterocycles. The summed E-state index contributed by atoms with van der Waals surface area (Å²) in [5.41, 5.74) is 1.63. The first-order valence-electron chi connectivity index (χ1n) is 4.80. The molecule has 0 aliphatic heterocycles. The van der Waals surface area contributed by atoms with Crippen molar-refractivity contribution in [3.05, 3.63) is 28.9 Å². The SMILES string of the molecule is CCn1nc(Cl)c2cc(C(C)=O)ccc21. The molecule has 2 aromatic rings. The van der Waals surface area contributed by atoms with Gasteiger partial charge in [0.15, 0.2) is 10.9 Å². The van der Waals surface area contributed by atoms with E-state index < -0.39 is 0 Å². The first-order valence-corrected chi connectivity index (χ1v) is 5.18. The predicted molar refractivity (Wildman–Crippen MR) is 60.4 cm³/mol. The molecule has 0 unspecified atom stereocenters. The van der Waals surface area contributed by atoms with Gasteiger partial charge in [0, 0.05) is 17.5 Å². The van der Waals surface area contributed by atoms with Crippen LogP contribution in [-0.4, -0.2) is 15.6 Å². The van der Waals surface area contributed by atoms with E-state index in [1.54, 1.807) is 19.1 Å². The van der Waals surface area contributed by atoms with Gasteiger partial charge in [-0.2, -0.15) is 5.10 Å². The number of aryl methyl sites for hydroxylation is 1. The number of carbonyl (C=O) groups is 1. The number of aromatic nitrogens is 2. The monoisotopic (exact) mass is 222 g/mol. The van der Waals surface area contributed by atoms with E-state index >= 15 is 0 Å². The molecular weight excluding hydrogens is 212 g/mol. The molecule has 78 valence electrons. The summed E-state index contributed by atoms with van der Waals surface area (Å²) in [5, 5.41) is 5.47. The average molecular weight is 223 g/mol. The van der Waals surface area contributed by atoms with Crippen LogP contribution in [0.2, 0.25) is 5.15 Å². The fraction of sp³-hybridized carbons (Fsp3) is 0.273. The zero-order chi connectivity index (χ0) is 11.0. The highest BCUT2D eigenvalue weighted by Crippen LogP contribution is 2.24. The predicted octanol–water partition coefficient (Wildman–Crippen LogP) is 2.91. The van der Waals surface area contributed by atoms with Crippen LogP contribution in [0.5, 0.6) is 0 Å². The summed E-state index contributed by atoms with van der Waals surface area (Å²) in [4.78, 5) is 11.2. The molecule has 0 saturated carbocycles. The second-order valence-corrected chi connectivity index (χ2v) is 3.75. The number of Topliss-reactive ketones (excluding diaryl/α,β-unsaturated/α-hetero) is 1. The zero-order valence-corrected chi connectivity index (χ0v) is 9.38. The van der Waals surface area contributed by atoms with Gasteiger partial charge in [0.25, 0.3) is 0 Å². The molecule has 0 radical (unpaired) electrons. The van der Waals surface area contributed by atoms with Gasteiger partial charge in [0.1, 0.15) is 0 Å². The maximum Gasteiger partial charge on any atom is 0.159 e. The van der Waals surface area contributed by atoms with E-state index in [-0.39, 0.29) is 5.78 Å². The van der Waals surface area contributed by atoms with Gasteiger partial charge in [0.05, 0.1) is 5.52 Å². The number of ketones is 1. The van der Waals surface area contributed by atoms with Gasteiger partial charge in [-0.3, -0.25) is 9.48 Å². The number of hydrogen-bond acceptors (Lipinski definition) is 2. The molecule has 2 rings (SSSR count). The fourth-order valence-corrected chi connectivity index (χ4v) is 1.84. The Morgan fingerprint density at radius 2 is 2.27 bits per heavy atom. The quantitative estimate of drug-likeness (QED) is 0.733. The lowest BCUT2D eigenvalue weighted by Crippen LogP contribution is -1.96. The van der Waals surface area contributed by atoms with Crippen molar-refractivity contribution in [1.82, 2.24) is 9.78 Å². The highest BCUT2D eigenvalue weighted by Gasteiger charge is 2.09. The highest BCUT2D eigenvalue weighted by molar-refractivity contribution is 6.34. The minimum atomic E-state index is 0.0391. The Labute approximate surface area is 92.6 Å². The lowest BCUT2D eigenvalue weighted by atomic mass is 10.1. The summed E-state index contributed by atoms with van der Waals surface area (Å²) in [7, 11) is 0. The minimum Gasteiger partial charge on any atom is -0.295 e. The van der Waals surface area contributed by atoms with Gasteiger partial charge in [-0.25, -0.2) is 0 Å². The van der Waals surface area contributed by atoms with Crippen molar-refractivity contribution >= 4 is 28.3 Å². The molecule has 0 atom stereocenters. The Kier molecular flexibility index (Phi) is 2.49. The second-order valence-electron chi connectivity index (χ2n) is 3.39. The van der Waals surface area contributed by atoms with Crippen LogP contribution in [-0.2, 0) is 6.54 Å². The molecule has 0 N–H and O–H groups in total. The first-order chi connectivity index (χ1) is 7.13. The molecule has 0 bridgehead atoms. The van der Waals surface area contributed by atoms with Gasteiger partial charge in [-0.15, -0.1) is 0 Å². The average Bonchev–Trinajstić information content (AvgIpc) is 2.55. The molecule has 3 nitrogen and oxygen atoms in total. The smallest absolute Gasteiger partial charge is 0.159 e. The fourth-order valence-electron chi connectivity index (χ4n) is 1.60. The minimum absolute atomic E-state index is 0.0391. The van der Waals surface area contributed by atoms with Crippen LogP contribution in [0.4, 0.5) is 0 Å². The largest absolute Gasteiger partial charge is 0.295 e. The van der Waals surface area contributed by atoms with E-state index in [4.69, 9.17) is 11.6 Å². The first kappa shape index (κ1) is 10.2. The third kappa shape index (κ3) is 1.63. The third-order valence-electron chi connectivity index (χ3n) is 2.41. The molecule has 0 aliphatic rings. The molecule has 0 amide bonds. The van der Waals surface area contributed by atoms with Crippen molar-refractivity contribution in [2.24, 2.45) is 0 Å². The van der Waals surface area contributed by atoms with E-state index in [2.05, 4.69) is 5.10 Å². The summed E-state index contributed by atoms with van der Waals surface area (Å²) in [6, 6.07) is 5.47. The Morgan fingerprint density at radius 3 is 2.87 bits per heavy atom. The van der Waals surface area contributed by atoms with Crippen molar-refractivity contribution in [2.75, 3.05) is 0 Å². The number of rotatable bonds is 2. The van der Waals surface area contributed by atoms with E-state index in [1.165, 1.54) is 0 Å². The van der Waals surface area contributed by atoms with Crippen LogP contribution in [0.1, 0.15) is 24.2 Å². The number of fused-ring (bicyclic) bond motifs is 1. The third-order valence-corrected chi connectivity index (χ3v) is 2.69. The van der Waals surface area contributed by atoms with Crippen LogP contribution in [0, 0.1) is 0 Å². The van der Waals surface area contributed by atoms with Crippen LogP contribution < -0.4 is 0 Å². The van der Waals surface area contributed by atoms with Crippen LogP contribution >= 0.6 is 11.6 Å².